The van der Waals surface area contributed by atoms with E-state index < -0.39 is 23.7 Å². The van der Waals surface area contributed by atoms with E-state index in [1.54, 1.807) is 31.2 Å². The molecule has 1 aromatic heterocycles. The molecule has 0 fully saturated rings. The summed E-state index contributed by atoms with van der Waals surface area (Å²) in [4.78, 5) is 37.6. The maximum atomic E-state index is 12.9. The van der Waals surface area contributed by atoms with Gasteiger partial charge in [0.2, 0.25) is 0 Å². The summed E-state index contributed by atoms with van der Waals surface area (Å²) in [7, 11) is 0. The molecule has 0 saturated heterocycles. The number of hydrogen-bond donors (Lipinski definition) is 1. The van der Waals surface area contributed by atoms with E-state index in [1.165, 1.54) is 0 Å². The molecule has 1 heterocycles. The Bertz CT molecular complexity index is 1390. The van der Waals surface area contributed by atoms with Crippen LogP contribution in [0.25, 0.3) is 21.7 Å². The molecule has 7 nitrogen and oxygen atoms in total. The van der Waals surface area contributed by atoms with Crippen LogP contribution < -0.4 is 15.7 Å². The highest BCUT2D eigenvalue weighted by Crippen LogP contribution is 2.31. The normalized spacial score (nSPS) is 11.8. The quantitative estimate of drug-likeness (QED) is 0.175. The maximum absolute atomic E-state index is 12.9. The van der Waals surface area contributed by atoms with Crippen LogP contribution in [0.5, 0.6) is 5.75 Å². The third kappa shape index (κ3) is 4.93. The maximum Gasteiger partial charge on any atom is 0.408 e. The fourth-order valence-corrected chi connectivity index (χ4v) is 3.80. The Morgan fingerprint density at radius 1 is 0.941 bits per heavy atom. The minimum Gasteiger partial charge on any atom is -0.445 e. The Labute approximate surface area is 196 Å². The van der Waals surface area contributed by atoms with E-state index in [0.717, 1.165) is 16.3 Å². The first kappa shape index (κ1) is 23.0. The van der Waals surface area contributed by atoms with E-state index in [-0.39, 0.29) is 12.4 Å². The zero-order chi connectivity index (χ0) is 24.1. The predicted octanol–water partition coefficient (Wildman–Crippen LogP) is 5.26. The van der Waals surface area contributed by atoms with Gasteiger partial charge in [0.1, 0.15) is 24.0 Å². The number of alkyl carbamates (subject to hydrolysis) is 1. The molecule has 0 aliphatic carbocycles. The molecule has 4 rings (SSSR count). The summed E-state index contributed by atoms with van der Waals surface area (Å²) >= 11 is 0. The van der Waals surface area contributed by atoms with Crippen molar-refractivity contribution in [3.8, 4) is 5.75 Å². The second-order valence-electron chi connectivity index (χ2n) is 7.97. The van der Waals surface area contributed by atoms with E-state index in [0.29, 0.717) is 29.4 Å². The van der Waals surface area contributed by atoms with Crippen molar-refractivity contribution in [2.75, 3.05) is 0 Å². The number of aryl methyl sites for hydroxylation is 1. The van der Waals surface area contributed by atoms with E-state index in [4.69, 9.17) is 13.9 Å². The smallest absolute Gasteiger partial charge is 0.408 e. The van der Waals surface area contributed by atoms with Gasteiger partial charge in [0.15, 0.2) is 0 Å². The van der Waals surface area contributed by atoms with Crippen molar-refractivity contribution in [3.63, 3.8) is 0 Å². The van der Waals surface area contributed by atoms with E-state index >= 15 is 0 Å². The van der Waals surface area contributed by atoms with Crippen LogP contribution in [0.1, 0.15) is 30.9 Å². The SMILES string of the molecule is CCC[C@H](NC(=O)OCc1ccccc1)C(=O)Oc1ccc2c(oc(=O)c3ccccc32)c1C. The first-order valence-electron chi connectivity index (χ1n) is 11.1. The molecule has 0 bridgehead atoms. The standard InChI is InChI=1S/C27H25NO6/c1-3-9-22(28-27(31)32-16-18-10-5-4-6-11-18)26(30)33-23-15-14-20-19-12-7-8-13-21(19)25(29)34-24(20)17(23)2/h4-8,10-15,22H,3,9,16H2,1-2H3,(H,28,31)/t22-/m0/s1. The molecule has 0 radical (unpaired) electrons. The van der Waals surface area contributed by atoms with Gasteiger partial charge < -0.3 is 19.2 Å². The van der Waals surface area contributed by atoms with Gasteiger partial charge in [-0.05, 0) is 42.5 Å². The average Bonchev–Trinajstić information content (AvgIpc) is 2.85. The van der Waals surface area contributed by atoms with Gasteiger partial charge in [0.05, 0.1) is 5.39 Å². The lowest BCUT2D eigenvalue weighted by Gasteiger charge is -2.18. The zero-order valence-electron chi connectivity index (χ0n) is 19.0. The molecule has 0 spiro atoms. The summed E-state index contributed by atoms with van der Waals surface area (Å²) in [5.41, 5.74) is 1.27. The van der Waals surface area contributed by atoms with Crippen LogP contribution in [0.15, 0.2) is 75.9 Å². The van der Waals surface area contributed by atoms with Crippen LogP contribution in [-0.4, -0.2) is 18.1 Å². The Morgan fingerprint density at radius 2 is 1.65 bits per heavy atom. The number of carbonyl (C=O) groups excluding carboxylic acids is 2. The summed E-state index contributed by atoms with van der Waals surface area (Å²) in [6, 6.07) is 19.0. The van der Waals surface area contributed by atoms with Crippen LogP contribution in [0.2, 0.25) is 0 Å². The molecular formula is C27H25NO6. The molecule has 0 unspecified atom stereocenters. The molecule has 34 heavy (non-hydrogen) atoms. The number of hydrogen-bond acceptors (Lipinski definition) is 6. The molecule has 7 heteroatoms. The molecule has 1 amide bonds. The van der Waals surface area contributed by atoms with Gasteiger partial charge in [-0.25, -0.2) is 14.4 Å². The Morgan fingerprint density at radius 3 is 2.38 bits per heavy atom. The number of benzene rings is 3. The van der Waals surface area contributed by atoms with Crippen LogP contribution in [0.3, 0.4) is 0 Å². The molecule has 1 N–H and O–H groups in total. The fourth-order valence-electron chi connectivity index (χ4n) is 3.80. The van der Waals surface area contributed by atoms with Crippen molar-refractivity contribution in [2.24, 2.45) is 0 Å². The number of fused-ring (bicyclic) bond motifs is 3. The lowest BCUT2D eigenvalue weighted by molar-refractivity contribution is -0.136. The largest absolute Gasteiger partial charge is 0.445 e. The molecule has 174 valence electrons. The summed E-state index contributed by atoms with van der Waals surface area (Å²) in [5, 5.41) is 4.59. The van der Waals surface area contributed by atoms with Crippen molar-refractivity contribution in [1.82, 2.24) is 5.32 Å². The van der Waals surface area contributed by atoms with E-state index in [2.05, 4.69) is 5.32 Å². The first-order chi connectivity index (χ1) is 16.5. The van der Waals surface area contributed by atoms with Crippen LogP contribution in [0.4, 0.5) is 4.79 Å². The summed E-state index contributed by atoms with van der Waals surface area (Å²) in [6.45, 7) is 3.72. The second-order valence-corrected chi connectivity index (χ2v) is 7.97. The topological polar surface area (TPSA) is 94.8 Å². The monoisotopic (exact) mass is 459 g/mol. The number of ether oxygens (including phenoxy) is 2. The number of esters is 1. The minimum absolute atomic E-state index is 0.0946. The average molecular weight is 459 g/mol. The fraction of sp³-hybridized carbons (Fsp3) is 0.222. The van der Waals surface area contributed by atoms with Gasteiger partial charge in [-0.15, -0.1) is 0 Å². The molecule has 3 aromatic carbocycles. The number of amides is 1. The molecule has 4 aromatic rings. The molecular weight excluding hydrogens is 434 g/mol. The van der Waals surface area contributed by atoms with Crippen molar-refractivity contribution in [1.29, 1.82) is 0 Å². The molecule has 0 saturated carbocycles. The van der Waals surface area contributed by atoms with Gasteiger partial charge in [0, 0.05) is 10.9 Å². The Balaban J connectivity index is 1.51. The van der Waals surface area contributed by atoms with Gasteiger partial charge in [-0.1, -0.05) is 61.9 Å². The third-order valence-corrected chi connectivity index (χ3v) is 5.57. The summed E-state index contributed by atoms with van der Waals surface area (Å²) in [6.07, 6.45) is 0.328. The van der Waals surface area contributed by atoms with Crippen molar-refractivity contribution >= 4 is 33.8 Å². The Kier molecular flexibility index (Phi) is 6.92. The lowest BCUT2D eigenvalue weighted by atomic mass is 10.0. The third-order valence-electron chi connectivity index (χ3n) is 5.57. The Hall–Kier alpha value is -4.13. The van der Waals surface area contributed by atoms with Crippen molar-refractivity contribution in [2.45, 2.75) is 39.3 Å². The molecule has 1 atom stereocenters. The minimum atomic E-state index is -0.882. The number of carbonyl (C=O) groups is 2. The van der Waals surface area contributed by atoms with E-state index in [1.807, 2.05) is 49.4 Å². The van der Waals surface area contributed by atoms with Crippen LogP contribution >= 0.6 is 0 Å². The van der Waals surface area contributed by atoms with Gasteiger partial charge in [0.25, 0.3) is 0 Å². The molecule has 0 aliphatic heterocycles. The highest BCUT2D eigenvalue weighted by molar-refractivity contribution is 6.05. The van der Waals surface area contributed by atoms with Crippen molar-refractivity contribution < 1.29 is 23.5 Å². The first-order valence-corrected chi connectivity index (χ1v) is 11.1. The number of nitrogens with one attached hydrogen (secondary N) is 1. The van der Waals surface area contributed by atoms with Gasteiger partial charge in [-0.2, -0.15) is 0 Å². The van der Waals surface area contributed by atoms with Gasteiger partial charge >= 0.3 is 17.7 Å². The van der Waals surface area contributed by atoms with Crippen LogP contribution in [0, 0.1) is 6.92 Å². The lowest BCUT2D eigenvalue weighted by Crippen LogP contribution is -2.43. The second kappa shape index (κ2) is 10.2. The summed E-state index contributed by atoms with van der Waals surface area (Å²) < 4.78 is 16.4. The highest BCUT2D eigenvalue weighted by Gasteiger charge is 2.24. The highest BCUT2D eigenvalue weighted by atomic mass is 16.6. The van der Waals surface area contributed by atoms with Gasteiger partial charge in [-0.3, -0.25) is 0 Å². The molecule has 0 aliphatic rings. The summed E-state index contributed by atoms with van der Waals surface area (Å²) in [5.74, 6) is -0.361. The van der Waals surface area contributed by atoms with Crippen molar-refractivity contribution in [3.05, 3.63) is 88.3 Å². The predicted molar refractivity (Wildman–Crippen MR) is 129 cm³/mol. The van der Waals surface area contributed by atoms with E-state index in [9.17, 15) is 14.4 Å². The number of rotatable bonds is 7. The zero-order valence-corrected chi connectivity index (χ0v) is 19.0. The van der Waals surface area contributed by atoms with Crippen LogP contribution in [-0.2, 0) is 16.1 Å².